The number of rotatable bonds is 4. The van der Waals surface area contributed by atoms with Crippen LogP contribution in [0, 0.1) is 0 Å². The Kier molecular flexibility index (Phi) is 5.44. The molecule has 4 nitrogen and oxygen atoms in total. The van der Waals surface area contributed by atoms with Crippen molar-refractivity contribution in [3.63, 3.8) is 0 Å². The van der Waals surface area contributed by atoms with Gasteiger partial charge in [-0.1, -0.05) is 0 Å². The molecule has 0 atom stereocenters. The van der Waals surface area contributed by atoms with Crippen LogP contribution in [0.1, 0.15) is 10.4 Å². The minimum Gasteiger partial charge on any atom is -0.497 e. The van der Waals surface area contributed by atoms with Crippen LogP contribution in [0.3, 0.4) is 0 Å². The molecule has 0 aromatic heterocycles. The Labute approximate surface area is 130 Å². The summed E-state index contributed by atoms with van der Waals surface area (Å²) < 4.78 is 46.8. The lowest BCUT2D eigenvalue weighted by Crippen LogP contribution is -2.38. The van der Waals surface area contributed by atoms with E-state index in [1.54, 1.807) is 16.7 Å². The number of methoxy groups -OCH3 is 1. The second-order valence-electron chi connectivity index (χ2n) is 4.67. The first-order valence-corrected chi connectivity index (χ1v) is 7.81. The number of halogens is 3. The van der Waals surface area contributed by atoms with Gasteiger partial charge in [0.1, 0.15) is 11.5 Å². The summed E-state index contributed by atoms with van der Waals surface area (Å²) in [7, 11) is 1.43. The Bertz CT molecular complexity index is 531. The maximum Gasteiger partial charge on any atom is 0.422 e. The van der Waals surface area contributed by atoms with E-state index in [2.05, 4.69) is 0 Å². The van der Waals surface area contributed by atoms with Crippen molar-refractivity contribution in [2.24, 2.45) is 0 Å². The monoisotopic (exact) mass is 335 g/mol. The van der Waals surface area contributed by atoms with Crippen molar-refractivity contribution in [1.82, 2.24) is 4.90 Å². The highest BCUT2D eigenvalue weighted by Crippen LogP contribution is 2.28. The predicted octanol–water partition coefficient (Wildman–Crippen LogP) is 2.83. The molecule has 0 N–H and O–H groups in total. The van der Waals surface area contributed by atoms with Crippen LogP contribution >= 0.6 is 11.8 Å². The van der Waals surface area contributed by atoms with Crippen LogP contribution in [0.15, 0.2) is 18.2 Å². The average molecular weight is 335 g/mol. The Morgan fingerprint density at radius 2 is 2.00 bits per heavy atom. The van der Waals surface area contributed by atoms with E-state index in [0.717, 1.165) is 11.5 Å². The van der Waals surface area contributed by atoms with Crippen molar-refractivity contribution < 1.29 is 27.4 Å². The largest absolute Gasteiger partial charge is 0.497 e. The van der Waals surface area contributed by atoms with Gasteiger partial charge in [-0.15, -0.1) is 0 Å². The van der Waals surface area contributed by atoms with Crippen molar-refractivity contribution in [1.29, 1.82) is 0 Å². The topological polar surface area (TPSA) is 38.8 Å². The molecule has 1 saturated heterocycles. The molecular weight excluding hydrogens is 319 g/mol. The van der Waals surface area contributed by atoms with Gasteiger partial charge in [-0.05, 0) is 18.2 Å². The predicted molar refractivity (Wildman–Crippen MR) is 77.8 cm³/mol. The minimum atomic E-state index is -4.46. The lowest BCUT2D eigenvalue weighted by molar-refractivity contribution is -0.153. The molecule has 0 bridgehead atoms. The lowest BCUT2D eigenvalue weighted by atomic mass is 10.1. The summed E-state index contributed by atoms with van der Waals surface area (Å²) in [4.78, 5) is 14.1. The molecule has 1 aliphatic rings. The first kappa shape index (κ1) is 16.8. The summed E-state index contributed by atoms with van der Waals surface area (Å²) in [6, 6.07) is 4.21. The van der Waals surface area contributed by atoms with Crippen molar-refractivity contribution in [2.75, 3.05) is 38.3 Å². The van der Waals surface area contributed by atoms with Crippen LogP contribution in [0.4, 0.5) is 13.2 Å². The molecule has 1 amide bonds. The zero-order valence-electron chi connectivity index (χ0n) is 12.0. The quantitative estimate of drug-likeness (QED) is 0.848. The SMILES string of the molecule is COc1ccc(OCC(F)(F)F)c(C(=O)N2CCSCC2)c1. The molecule has 1 aliphatic heterocycles. The number of ether oxygens (including phenoxy) is 2. The highest BCUT2D eigenvalue weighted by molar-refractivity contribution is 7.99. The van der Waals surface area contributed by atoms with Gasteiger partial charge in [-0.3, -0.25) is 4.79 Å². The van der Waals surface area contributed by atoms with Crippen LogP contribution < -0.4 is 9.47 Å². The van der Waals surface area contributed by atoms with Crippen LogP contribution in [0.5, 0.6) is 11.5 Å². The molecule has 1 aromatic carbocycles. The fourth-order valence-electron chi connectivity index (χ4n) is 2.03. The molecule has 1 heterocycles. The van der Waals surface area contributed by atoms with Gasteiger partial charge in [0.2, 0.25) is 0 Å². The second-order valence-corrected chi connectivity index (χ2v) is 5.90. The number of carbonyl (C=O) groups excluding carboxylic acids is 1. The zero-order valence-corrected chi connectivity index (χ0v) is 12.8. The number of nitrogens with zero attached hydrogens (tertiary/aromatic N) is 1. The van der Waals surface area contributed by atoms with Gasteiger partial charge in [0.25, 0.3) is 5.91 Å². The fourth-order valence-corrected chi connectivity index (χ4v) is 2.93. The molecule has 0 spiro atoms. The Morgan fingerprint density at radius 3 is 2.59 bits per heavy atom. The van der Waals surface area contributed by atoms with Crippen molar-refractivity contribution >= 4 is 17.7 Å². The minimum absolute atomic E-state index is 0.0821. The van der Waals surface area contributed by atoms with Gasteiger partial charge < -0.3 is 14.4 Å². The smallest absolute Gasteiger partial charge is 0.422 e. The molecule has 1 fully saturated rings. The van der Waals surface area contributed by atoms with E-state index in [0.29, 0.717) is 18.8 Å². The zero-order chi connectivity index (χ0) is 16.2. The maximum atomic E-state index is 12.5. The molecule has 0 saturated carbocycles. The van der Waals surface area contributed by atoms with Gasteiger partial charge in [0, 0.05) is 24.6 Å². The maximum absolute atomic E-state index is 12.5. The fraction of sp³-hybridized carbons (Fsp3) is 0.500. The number of alkyl halides is 3. The number of thioether (sulfide) groups is 1. The average Bonchev–Trinajstić information content (AvgIpc) is 2.52. The van der Waals surface area contributed by atoms with E-state index in [9.17, 15) is 18.0 Å². The van der Waals surface area contributed by atoms with E-state index in [-0.39, 0.29) is 17.2 Å². The third-order valence-electron chi connectivity index (χ3n) is 3.11. The standard InChI is InChI=1S/C14H16F3NO3S/c1-20-10-2-3-12(21-9-14(15,16)17)11(8-10)13(19)18-4-6-22-7-5-18/h2-3,8H,4-7,9H2,1H3. The Morgan fingerprint density at radius 1 is 1.32 bits per heavy atom. The Balaban J connectivity index is 2.23. The number of benzene rings is 1. The molecule has 122 valence electrons. The number of carbonyl (C=O) groups is 1. The number of hydrogen-bond donors (Lipinski definition) is 0. The van der Waals surface area contributed by atoms with Gasteiger partial charge in [0.15, 0.2) is 6.61 Å². The van der Waals surface area contributed by atoms with Crippen LogP contribution in [-0.4, -0.2) is 55.3 Å². The molecule has 0 aliphatic carbocycles. The summed E-state index contributed by atoms with van der Waals surface area (Å²) >= 11 is 1.74. The highest BCUT2D eigenvalue weighted by Gasteiger charge is 2.30. The molecule has 8 heteroatoms. The van der Waals surface area contributed by atoms with Crippen molar-refractivity contribution in [2.45, 2.75) is 6.18 Å². The van der Waals surface area contributed by atoms with Crippen molar-refractivity contribution in [3.05, 3.63) is 23.8 Å². The summed E-state index contributed by atoms with van der Waals surface area (Å²) in [5.74, 6) is 1.61. The van der Waals surface area contributed by atoms with Crippen molar-refractivity contribution in [3.8, 4) is 11.5 Å². The van der Waals surface area contributed by atoms with Crippen LogP contribution in [0.2, 0.25) is 0 Å². The number of amides is 1. The van der Waals surface area contributed by atoms with Gasteiger partial charge in [0.05, 0.1) is 12.7 Å². The molecule has 0 unspecified atom stereocenters. The summed E-state index contributed by atoms with van der Waals surface area (Å²) in [5.41, 5.74) is 0.0931. The van der Waals surface area contributed by atoms with Crippen LogP contribution in [0.25, 0.3) is 0 Å². The van der Waals surface area contributed by atoms with Crippen LogP contribution in [-0.2, 0) is 0 Å². The molecule has 22 heavy (non-hydrogen) atoms. The first-order chi connectivity index (χ1) is 10.4. The third-order valence-corrected chi connectivity index (χ3v) is 4.05. The first-order valence-electron chi connectivity index (χ1n) is 6.65. The van der Waals surface area contributed by atoms with E-state index in [1.165, 1.54) is 25.3 Å². The van der Waals surface area contributed by atoms with E-state index in [4.69, 9.17) is 9.47 Å². The lowest BCUT2D eigenvalue weighted by Gasteiger charge is -2.27. The van der Waals surface area contributed by atoms with Gasteiger partial charge in [-0.2, -0.15) is 24.9 Å². The highest BCUT2D eigenvalue weighted by atomic mass is 32.2. The third kappa shape index (κ3) is 4.46. The van der Waals surface area contributed by atoms with E-state index in [1.807, 2.05) is 0 Å². The summed E-state index contributed by atoms with van der Waals surface area (Å²) in [6.45, 7) is -0.297. The molecule has 2 rings (SSSR count). The van der Waals surface area contributed by atoms with E-state index < -0.39 is 12.8 Å². The van der Waals surface area contributed by atoms with E-state index >= 15 is 0 Å². The Hall–Kier alpha value is -1.57. The summed E-state index contributed by atoms with van der Waals surface area (Å²) in [5, 5.41) is 0. The number of hydrogen-bond acceptors (Lipinski definition) is 4. The normalized spacial score (nSPS) is 15.5. The molecule has 0 radical (unpaired) electrons. The summed E-state index contributed by atoms with van der Waals surface area (Å²) in [6.07, 6.45) is -4.46. The van der Waals surface area contributed by atoms with Gasteiger partial charge >= 0.3 is 6.18 Å². The molecule has 1 aromatic rings. The molecular formula is C14H16F3NO3S. The van der Waals surface area contributed by atoms with Gasteiger partial charge in [-0.25, -0.2) is 0 Å². The second kappa shape index (κ2) is 7.13.